The van der Waals surface area contributed by atoms with E-state index >= 15 is 0 Å². The minimum atomic E-state index is 0.0546. The first-order valence-electron chi connectivity index (χ1n) is 8.54. The molecule has 0 aromatic heterocycles. The summed E-state index contributed by atoms with van der Waals surface area (Å²) in [6.07, 6.45) is 0. The highest BCUT2D eigenvalue weighted by Gasteiger charge is 2.33. The van der Waals surface area contributed by atoms with Gasteiger partial charge in [0, 0.05) is 23.5 Å². The molecule has 0 radical (unpaired) electrons. The predicted octanol–water partition coefficient (Wildman–Crippen LogP) is 4.41. The van der Waals surface area contributed by atoms with Crippen LogP contribution in [0.15, 0.2) is 66.7 Å². The molecule has 3 aromatic rings. The summed E-state index contributed by atoms with van der Waals surface area (Å²) in [6, 6.07) is 20.6. The highest BCUT2D eigenvalue weighted by Crippen LogP contribution is 2.47. The van der Waals surface area contributed by atoms with Crippen LogP contribution in [0, 0.1) is 0 Å². The second-order valence-electron chi connectivity index (χ2n) is 6.49. The van der Waals surface area contributed by atoms with Crippen LogP contribution in [-0.4, -0.2) is 23.9 Å². The second kappa shape index (κ2) is 6.64. The molecule has 26 heavy (non-hydrogen) atoms. The van der Waals surface area contributed by atoms with E-state index < -0.39 is 0 Å². The van der Waals surface area contributed by atoms with Gasteiger partial charge < -0.3 is 19.7 Å². The van der Waals surface area contributed by atoms with Gasteiger partial charge in [0.1, 0.15) is 23.0 Å². The van der Waals surface area contributed by atoms with Gasteiger partial charge in [0.15, 0.2) is 0 Å². The number of hydrogen-bond acceptors (Lipinski definition) is 4. The SMILES string of the molecule is COc1cccc([C@H]2c3ccc(O)cc3OC[C@H]2c2ccc(O)cc2)c1. The van der Waals surface area contributed by atoms with E-state index in [2.05, 4.69) is 6.07 Å². The Labute approximate surface area is 152 Å². The molecule has 0 saturated heterocycles. The molecule has 4 heteroatoms. The quantitative estimate of drug-likeness (QED) is 0.736. The topological polar surface area (TPSA) is 58.9 Å². The number of hydrogen-bond donors (Lipinski definition) is 2. The van der Waals surface area contributed by atoms with Gasteiger partial charge in [-0.25, -0.2) is 0 Å². The van der Waals surface area contributed by atoms with E-state index in [1.807, 2.05) is 36.4 Å². The summed E-state index contributed by atoms with van der Waals surface area (Å²) in [7, 11) is 1.66. The molecule has 0 spiro atoms. The number of aromatic hydroxyl groups is 2. The number of fused-ring (bicyclic) bond motifs is 1. The van der Waals surface area contributed by atoms with Crippen LogP contribution >= 0.6 is 0 Å². The lowest BCUT2D eigenvalue weighted by Gasteiger charge is -2.34. The minimum Gasteiger partial charge on any atom is -0.508 e. The first kappa shape index (κ1) is 16.3. The largest absolute Gasteiger partial charge is 0.508 e. The van der Waals surface area contributed by atoms with E-state index in [0.29, 0.717) is 12.4 Å². The monoisotopic (exact) mass is 348 g/mol. The zero-order chi connectivity index (χ0) is 18.1. The molecule has 132 valence electrons. The van der Waals surface area contributed by atoms with Gasteiger partial charge in [-0.2, -0.15) is 0 Å². The molecular weight excluding hydrogens is 328 g/mol. The molecule has 4 nitrogen and oxygen atoms in total. The molecule has 0 saturated carbocycles. The van der Waals surface area contributed by atoms with E-state index in [0.717, 1.165) is 22.4 Å². The van der Waals surface area contributed by atoms with Crippen LogP contribution < -0.4 is 9.47 Å². The molecule has 0 bridgehead atoms. The van der Waals surface area contributed by atoms with Crippen molar-refractivity contribution in [2.24, 2.45) is 0 Å². The zero-order valence-electron chi connectivity index (χ0n) is 14.4. The predicted molar refractivity (Wildman–Crippen MR) is 99.3 cm³/mol. The van der Waals surface area contributed by atoms with Crippen LogP contribution in [0.2, 0.25) is 0 Å². The molecule has 0 amide bonds. The molecule has 0 unspecified atom stereocenters. The summed E-state index contributed by atoms with van der Waals surface area (Å²) in [4.78, 5) is 0. The van der Waals surface area contributed by atoms with Crippen LogP contribution in [0.5, 0.6) is 23.0 Å². The van der Waals surface area contributed by atoms with Crippen LogP contribution in [-0.2, 0) is 0 Å². The zero-order valence-corrected chi connectivity index (χ0v) is 14.4. The lowest BCUT2D eigenvalue weighted by molar-refractivity contribution is 0.247. The lowest BCUT2D eigenvalue weighted by Crippen LogP contribution is -2.25. The number of methoxy groups -OCH3 is 1. The second-order valence-corrected chi connectivity index (χ2v) is 6.49. The van der Waals surface area contributed by atoms with Crippen molar-refractivity contribution in [1.29, 1.82) is 0 Å². The smallest absolute Gasteiger partial charge is 0.126 e. The third-order valence-electron chi connectivity index (χ3n) is 4.93. The third kappa shape index (κ3) is 2.94. The van der Waals surface area contributed by atoms with Crippen molar-refractivity contribution < 1.29 is 19.7 Å². The van der Waals surface area contributed by atoms with Gasteiger partial charge in [0.2, 0.25) is 0 Å². The van der Waals surface area contributed by atoms with Crippen molar-refractivity contribution in [2.75, 3.05) is 13.7 Å². The maximum Gasteiger partial charge on any atom is 0.126 e. The molecule has 2 N–H and O–H groups in total. The molecule has 3 aromatic carbocycles. The maximum atomic E-state index is 9.81. The maximum absolute atomic E-state index is 9.81. The Kier molecular flexibility index (Phi) is 4.17. The van der Waals surface area contributed by atoms with Crippen molar-refractivity contribution in [3.8, 4) is 23.0 Å². The van der Waals surface area contributed by atoms with Crippen molar-refractivity contribution in [3.05, 3.63) is 83.4 Å². The number of benzene rings is 3. The molecule has 4 rings (SSSR count). The average molecular weight is 348 g/mol. The lowest BCUT2D eigenvalue weighted by atomic mass is 9.76. The molecule has 1 aliphatic rings. The summed E-state index contributed by atoms with van der Waals surface area (Å²) in [6.45, 7) is 0.489. The van der Waals surface area contributed by atoms with Crippen LogP contribution in [0.1, 0.15) is 28.5 Å². The van der Waals surface area contributed by atoms with Crippen molar-refractivity contribution >= 4 is 0 Å². The molecular formula is C22H20O4. The Morgan fingerprint density at radius 1 is 0.885 bits per heavy atom. The summed E-state index contributed by atoms with van der Waals surface area (Å²) in [5, 5.41) is 19.4. The highest BCUT2D eigenvalue weighted by molar-refractivity contribution is 5.51. The van der Waals surface area contributed by atoms with Gasteiger partial charge >= 0.3 is 0 Å². The Morgan fingerprint density at radius 2 is 1.65 bits per heavy atom. The Hall–Kier alpha value is -3.14. The third-order valence-corrected chi connectivity index (χ3v) is 4.93. The number of phenols is 2. The van der Waals surface area contributed by atoms with E-state index in [1.165, 1.54) is 0 Å². The Morgan fingerprint density at radius 3 is 2.42 bits per heavy atom. The van der Waals surface area contributed by atoms with E-state index in [1.54, 1.807) is 31.4 Å². The van der Waals surface area contributed by atoms with Crippen LogP contribution in [0.3, 0.4) is 0 Å². The normalized spacial score (nSPS) is 18.7. The number of phenolic OH excluding ortho intramolecular Hbond substituents is 2. The van der Waals surface area contributed by atoms with Gasteiger partial charge in [-0.3, -0.25) is 0 Å². The van der Waals surface area contributed by atoms with Gasteiger partial charge in [-0.15, -0.1) is 0 Å². The molecule has 0 aliphatic carbocycles. The summed E-state index contributed by atoms with van der Waals surface area (Å²) in [5.74, 6) is 2.08. The van der Waals surface area contributed by atoms with Gasteiger partial charge in [-0.1, -0.05) is 30.3 Å². The van der Waals surface area contributed by atoms with Crippen molar-refractivity contribution in [3.63, 3.8) is 0 Å². The Balaban J connectivity index is 1.85. The highest BCUT2D eigenvalue weighted by atomic mass is 16.5. The minimum absolute atomic E-state index is 0.0546. The molecule has 2 atom stereocenters. The first-order chi connectivity index (χ1) is 12.7. The fourth-order valence-corrected chi connectivity index (χ4v) is 3.65. The number of rotatable bonds is 3. The van der Waals surface area contributed by atoms with Crippen molar-refractivity contribution in [2.45, 2.75) is 11.8 Å². The van der Waals surface area contributed by atoms with Gasteiger partial charge in [0.25, 0.3) is 0 Å². The summed E-state index contributed by atoms with van der Waals surface area (Å²) in [5.41, 5.74) is 3.24. The van der Waals surface area contributed by atoms with E-state index in [9.17, 15) is 10.2 Å². The average Bonchev–Trinajstić information content (AvgIpc) is 2.67. The summed E-state index contributed by atoms with van der Waals surface area (Å²) < 4.78 is 11.4. The standard InChI is InChI=1S/C22H20O4/c1-25-18-4-2-3-15(11-18)22-19-10-9-17(24)12-21(19)26-13-20(22)14-5-7-16(23)8-6-14/h2-12,20,22-24H,13H2,1H3/t20-,22-/m0/s1. The van der Waals surface area contributed by atoms with Crippen molar-refractivity contribution in [1.82, 2.24) is 0 Å². The molecule has 0 fully saturated rings. The molecule has 1 aliphatic heterocycles. The first-order valence-corrected chi connectivity index (χ1v) is 8.54. The fraction of sp³-hybridized carbons (Fsp3) is 0.182. The van der Waals surface area contributed by atoms with Crippen LogP contribution in [0.4, 0.5) is 0 Å². The number of ether oxygens (including phenoxy) is 2. The van der Waals surface area contributed by atoms with E-state index in [4.69, 9.17) is 9.47 Å². The fourth-order valence-electron chi connectivity index (χ4n) is 3.65. The van der Waals surface area contributed by atoms with Crippen LogP contribution in [0.25, 0.3) is 0 Å². The van der Waals surface area contributed by atoms with Gasteiger partial charge in [-0.05, 0) is 41.5 Å². The summed E-state index contributed by atoms with van der Waals surface area (Å²) >= 11 is 0. The van der Waals surface area contributed by atoms with Gasteiger partial charge in [0.05, 0.1) is 13.7 Å². The Bertz CT molecular complexity index is 918. The van der Waals surface area contributed by atoms with E-state index in [-0.39, 0.29) is 23.3 Å². The molecule has 1 heterocycles.